The number of hydrogen-bond donors (Lipinski definition) is 0. The number of amides is 1. The summed E-state index contributed by atoms with van der Waals surface area (Å²) in [5.41, 5.74) is 0. The lowest BCUT2D eigenvalue weighted by molar-refractivity contribution is -0.140. The minimum atomic E-state index is -2.95. The van der Waals surface area contributed by atoms with Gasteiger partial charge in [0.05, 0.1) is 11.5 Å². The topological polar surface area (TPSA) is 54.5 Å². The van der Waals surface area contributed by atoms with Crippen LogP contribution in [0, 0.1) is 5.92 Å². The summed E-state index contributed by atoms with van der Waals surface area (Å²) in [4.78, 5) is 14.9. The van der Waals surface area contributed by atoms with Crippen molar-refractivity contribution in [3.63, 3.8) is 0 Å². The molecule has 1 amide bonds. The number of rotatable bonds is 3. The minimum Gasteiger partial charge on any atom is -0.335 e. The van der Waals surface area contributed by atoms with Crippen molar-refractivity contribution < 1.29 is 13.2 Å². The molecule has 5 heteroatoms. The predicted molar refractivity (Wildman–Crippen MR) is 82.6 cm³/mol. The monoisotopic (exact) mass is 311 g/mol. The van der Waals surface area contributed by atoms with Crippen LogP contribution >= 0.6 is 0 Å². The quantitative estimate of drug-likeness (QED) is 0.752. The van der Waals surface area contributed by atoms with Gasteiger partial charge in [-0.25, -0.2) is 8.42 Å². The van der Waals surface area contributed by atoms with Crippen LogP contribution in [0.4, 0.5) is 0 Å². The summed E-state index contributed by atoms with van der Waals surface area (Å²) in [7, 11) is -2.95. The summed E-state index contributed by atoms with van der Waals surface area (Å²) < 4.78 is 23.6. The van der Waals surface area contributed by atoms with Gasteiger partial charge < -0.3 is 4.90 Å². The third-order valence-electron chi connectivity index (χ3n) is 5.18. The molecule has 2 aliphatic carbocycles. The van der Waals surface area contributed by atoms with Crippen molar-refractivity contribution in [2.24, 2.45) is 5.92 Å². The van der Waals surface area contributed by atoms with E-state index >= 15 is 0 Å². The van der Waals surface area contributed by atoms with Gasteiger partial charge in [-0.2, -0.15) is 0 Å². The van der Waals surface area contributed by atoms with Gasteiger partial charge in [0.2, 0.25) is 5.91 Å². The molecule has 2 fully saturated rings. The summed E-state index contributed by atoms with van der Waals surface area (Å²) in [6.07, 6.45) is 12.1. The fourth-order valence-electron chi connectivity index (χ4n) is 4.04. The maximum atomic E-state index is 12.9. The fourth-order valence-corrected chi connectivity index (χ4v) is 5.75. The van der Waals surface area contributed by atoms with E-state index in [1.54, 1.807) is 0 Å². The van der Waals surface area contributed by atoms with E-state index in [1.165, 1.54) is 6.42 Å². The normalized spacial score (nSPS) is 29.8. The van der Waals surface area contributed by atoms with Crippen LogP contribution in [0.3, 0.4) is 0 Å². The zero-order chi connectivity index (χ0) is 14.9. The van der Waals surface area contributed by atoms with Crippen LogP contribution in [0.1, 0.15) is 51.4 Å². The Bertz CT molecular complexity index is 512. The first-order valence-corrected chi connectivity index (χ1v) is 10.1. The van der Waals surface area contributed by atoms with Gasteiger partial charge in [-0.1, -0.05) is 31.4 Å². The standard InChI is InChI=1S/C16H25NO3S/c18-16(13-6-4-5-7-13)17(14-8-2-1-3-9-14)15-10-11-21(19,20)12-15/h4-5,13-15H,1-3,6-12H2/t15-/m1/s1. The second-order valence-electron chi connectivity index (χ2n) is 6.73. The molecule has 1 atom stereocenters. The van der Waals surface area contributed by atoms with E-state index in [0.717, 1.165) is 38.5 Å². The average Bonchev–Trinajstić information content (AvgIpc) is 3.10. The van der Waals surface area contributed by atoms with E-state index in [-0.39, 0.29) is 35.4 Å². The molecule has 118 valence electrons. The molecular formula is C16H25NO3S. The van der Waals surface area contributed by atoms with Crippen LogP contribution in [-0.2, 0) is 14.6 Å². The van der Waals surface area contributed by atoms with Crippen LogP contribution in [0.25, 0.3) is 0 Å². The molecule has 0 aromatic carbocycles. The second kappa shape index (κ2) is 6.11. The lowest BCUT2D eigenvalue weighted by atomic mass is 9.91. The van der Waals surface area contributed by atoms with Gasteiger partial charge in [-0.15, -0.1) is 0 Å². The van der Waals surface area contributed by atoms with Crippen molar-refractivity contribution in [2.75, 3.05) is 11.5 Å². The number of nitrogens with zero attached hydrogens (tertiary/aromatic N) is 1. The molecule has 0 aromatic rings. The van der Waals surface area contributed by atoms with Crippen LogP contribution in [0.5, 0.6) is 0 Å². The van der Waals surface area contributed by atoms with E-state index in [2.05, 4.69) is 12.2 Å². The third kappa shape index (κ3) is 3.33. The lowest BCUT2D eigenvalue weighted by Gasteiger charge is -2.39. The molecule has 21 heavy (non-hydrogen) atoms. The van der Waals surface area contributed by atoms with E-state index in [1.807, 2.05) is 4.90 Å². The first kappa shape index (κ1) is 15.1. The molecular weight excluding hydrogens is 286 g/mol. The molecule has 1 saturated carbocycles. The first-order chi connectivity index (χ1) is 10.1. The van der Waals surface area contributed by atoms with Crippen molar-refractivity contribution in [1.29, 1.82) is 0 Å². The van der Waals surface area contributed by atoms with E-state index < -0.39 is 9.84 Å². The Hall–Kier alpha value is -0.840. The highest BCUT2D eigenvalue weighted by molar-refractivity contribution is 7.91. The zero-order valence-electron chi connectivity index (χ0n) is 12.5. The summed E-state index contributed by atoms with van der Waals surface area (Å²) in [6, 6.07) is 0.191. The molecule has 0 aromatic heterocycles. The van der Waals surface area contributed by atoms with Gasteiger partial charge in [0.1, 0.15) is 0 Å². The number of carbonyl (C=O) groups excluding carboxylic acids is 1. The summed E-state index contributed by atoms with van der Waals surface area (Å²) in [5.74, 6) is 0.677. The maximum Gasteiger partial charge on any atom is 0.226 e. The largest absolute Gasteiger partial charge is 0.335 e. The SMILES string of the molecule is O=C(C1CC=CC1)N(C1CCCCC1)[C@@H]1CCS(=O)(=O)C1. The Kier molecular flexibility index (Phi) is 4.38. The average molecular weight is 311 g/mol. The summed E-state index contributed by atoms with van der Waals surface area (Å²) in [5, 5.41) is 0. The Balaban J connectivity index is 1.78. The number of sulfone groups is 1. The Morgan fingerprint density at radius 2 is 1.62 bits per heavy atom. The highest BCUT2D eigenvalue weighted by atomic mass is 32.2. The van der Waals surface area contributed by atoms with Crippen molar-refractivity contribution in [1.82, 2.24) is 4.90 Å². The van der Waals surface area contributed by atoms with Crippen LogP contribution in [0.2, 0.25) is 0 Å². The van der Waals surface area contributed by atoms with Gasteiger partial charge >= 0.3 is 0 Å². The maximum absolute atomic E-state index is 12.9. The molecule has 1 saturated heterocycles. The highest BCUT2D eigenvalue weighted by Gasteiger charge is 2.40. The van der Waals surface area contributed by atoms with E-state index in [9.17, 15) is 13.2 Å². The zero-order valence-corrected chi connectivity index (χ0v) is 13.4. The Morgan fingerprint density at radius 1 is 0.952 bits per heavy atom. The van der Waals surface area contributed by atoms with Crippen LogP contribution in [-0.4, -0.2) is 42.8 Å². The molecule has 1 heterocycles. The lowest BCUT2D eigenvalue weighted by Crippen LogP contribution is -2.50. The van der Waals surface area contributed by atoms with Gasteiger partial charge in [0.25, 0.3) is 0 Å². The molecule has 1 aliphatic heterocycles. The fraction of sp³-hybridized carbons (Fsp3) is 0.812. The molecule has 3 aliphatic rings. The van der Waals surface area contributed by atoms with Gasteiger partial charge in [-0.05, 0) is 32.1 Å². The molecule has 4 nitrogen and oxygen atoms in total. The molecule has 0 radical (unpaired) electrons. The van der Waals surface area contributed by atoms with Crippen LogP contribution in [0.15, 0.2) is 12.2 Å². The van der Waals surface area contributed by atoms with Crippen molar-refractivity contribution in [2.45, 2.75) is 63.5 Å². The number of hydrogen-bond acceptors (Lipinski definition) is 3. The van der Waals surface area contributed by atoms with Crippen molar-refractivity contribution in [3.8, 4) is 0 Å². The highest BCUT2D eigenvalue weighted by Crippen LogP contribution is 2.31. The van der Waals surface area contributed by atoms with Crippen molar-refractivity contribution in [3.05, 3.63) is 12.2 Å². The van der Waals surface area contributed by atoms with E-state index in [4.69, 9.17) is 0 Å². The Morgan fingerprint density at radius 3 is 2.19 bits per heavy atom. The van der Waals surface area contributed by atoms with E-state index in [0.29, 0.717) is 6.42 Å². The smallest absolute Gasteiger partial charge is 0.226 e. The van der Waals surface area contributed by atoms with Gasteiger partial charge in [-0.3, -0.25) is 4.79 Å². The number of carbonyl (C=O) groups is 1. The predicted octanol–water partition coefficient (Wildman–Crippen LogP) is 2.30. The first-order valence-electron chi connectivity index (χ1n) is 8.24. The molecule has 3 rings (SSSR count). The Labute approximate surface area is 127 Å². The van der Waals surface area contributed by atoms with Gasteiger partial charge in [0, 0.05) is 18.0 Å². The molecule has 0 bridgehead atoms. The molecule has 0 N–H and O–H groups in total. The van der Waals surface area contributed by atoms with Gasteiger partial charge in [0.15, 0.2) is 9.84 Å². The van der Waals surface area contributed by atoms with Crippen LogP contribution < -0.4 is 0 Å². The third-order valence-corrected chi connectivity index (χ3v) is 6.93. The second-order valence-corrected chi connectivity index (χ2v) is 8.96. The summed E-state index contributed by atoms with van der Waals surface area (Å²) in [6.45, 7) is 0. The molecule has 0 unspecified atom stereocenters. The number of allylic oxidation sites excluding steroid dienone is 2. The van der Waals surface area contributed by atoms with Crippen molar-refractivity contribution >= 4 is 15.7 Å². The minimum absolute atomic E-state index is 0.0511. The summed E-state index contributed by atoms with van der Waals surface area (Å²) >= 11 is 0. The molecule has 0 spiro atoms.